The SMILES string of the molecule is O=c1[nH]c(CNCCC2CCCN2)cs1. The molecule has 5 heteroatoms. The lowest BCUT2D eigenvalue weighted by molar-refractivity contribution is 0.522. The third kappa shape index (κ3) is 3.44. The maximum atomic E-state index is 10.9. The Kier molecular flexibility index (Phi) is 3.94. The Balaban J connectivity index is 1.60. The van der Waals surface area contributed by atoms with E-state index in [-0.39, 0.29) is 4.87 Å². The van der Waals surface area contributed by atoms with Gasteiger partial charge in [0.2, 0.25) is 0 Å². The molecule has 1 unspecified atom stereocenters. The van der Waals surface area contributed by atoms with Gasteiger partial charge in [0.05, 0.1) is 0 Å². The Bertz CT molecular complexity index is 340. The normalized spacial score (nSPS) is 20.9. The van der Waals surface area contributed by atoms with E-state index >= 15 is 0 Å². The fraction of sp³-hybridized carbons (Fsp3) is 0.700. The van der Waals surface area contributed by atoms with E-state index in [0.717, 1.165) is 18.8 Å². The van der Waals surface area contributed by atoms with E-state index in [0.29, 0.717) is 6.04 Å². The van der Waals surface area contributed by atoms with Gasteiger partial charge in [0.25, 0.3) is 0 Å². The van der Waals surface area contributed by atoms with E-state index in [4.69, 9.17) is 0 Å². The average molecular weight is 227 g/mol. The predicted octanol–water partition coefficient (Wildman–Crippen LogP) is 0.668. The second kappa shape index (κ2) is 5.44. The molecule has 1 aromatic heterocycles. The number of nitrogens with one attached hydrogen (secondary N) is 3. The molecular formula is C10H17N3OS. The van der Waals surface area contributed by atoms with Gasteiger partial charge in [-0.15, -0.1) is 0 Å². The molecule has 15 heavy (non-hydrogen) atoms. The van der Waals surface area contributed by atoms with Crippen LogP contribution < -0.4 is 15.5 Å². The molecule has 0 spiro atoms. The van der Waals surface area contributed by atoms with Gasteiger partial charge < -0.3 is 15.6 Å². The highest BCUT2D eigenvalue weighted by molar-refractivity contribution is 7.07. The van der Waals surface area contributed by atoms with Crippen molar-refractivity contribution in [3.8, 4) is 0 Å². The molecule has 0 aromatic carbocycles. The molecule has 2 rings (SSSR count). The molecule has 1 aromatic rings. The van der Waals surface area contributed by atoms with Crippen LogP contribution in [0, 0.1) is 0 Å². The van der Waals surface area contributed by atoms with E-state index < -0.39 is 0 Å². The number of hydrogen-bond acceptors (Lipinski definition) is 4. The zero-order valence-electron chi connectivity index (χ0n) is 8.71. The fourth-order valence-electron chi connectivity index (χ4n) is 1.90. The molecule has 1 aliphatic rings. The molecule has 1 saturated heterocycles. The first kappa shape index (κ1) is 10.9. The van der Waals surface area contributed by atoms with E-state index in [1.807, 2.05) is 5.38 Å². The summed E-state index contributed by atoms with van der Waals surface area (Å²) in [4.78, 5) is 13.7. The standard InChI is InChI=1S/C10H17N3OS/c14-10-13-9(7-15-10)6-11-5-3-8-2-1-4-12-8/h7-8,11-12H,1-6H2,(H,13,14). The van der Waals surface area contributed by atoms with Crippen LogP contribution in [0.1, 0.15) is 25.0 Å². The highest BCUT2D eigenvalue weighted by atomic mass is 32.1. The zero-order valence-corrected chi connectivity index (χ0v) is 9.53. The summed E-state index contributed by atoms with van der Waals surface area (Å²) in [5.74, 6) is 0. The van der Waals surface area contributed by atoms with Crippen molar-refractivity contribution in [2.75, 3.05) is 13.1 Å². The van der Waals surface area contributed by atoms with E-state index in [9.17, 15) is 4.79 Å². The first-order valence-electron chi connectivity index (χ1n) is 5.45. The molecule has 1 fully saturated rings. The number of rotatable bonds is 5. The predicted molar refractivity (Wildman–Crippen MR) is 62.3 cm³/mol. The van der Waals surface area contributed by atoms with Gasteiger partial charge in [-0.2, -0.15) is 0 Å². The van der Waals surface area contributed by atoms with Crippen molar-refractivity contribution in [1.82, 2.24) is 15.6 Å². The Morgan fingerprint density at radius 3 is 3.20 bits per heavy atom. The van der Waals surface area contributed by atoms with E-state index in [2.05, 4.69) is 15.6 Å². The molecular weight excluding hydrogens is 210 g/mol. The van der Waals surface area contributed by atoms with Gasteiger partial charge in [0.15, 0.2) is 0 Å². The van der Waals surface area contributed by atoms with Gasteiger partial charge in [0.1, 0.15) is 0 Å². The van der Waals surface area contributed by atoms with Crippen molar-refractivity contribution in [2.45, 2.75) is 31.8 Å². The van der Waals surface area contributed by atoms with Crippen molar-refractivity contribution in [3.05, 3.63) is 20.7 Å². The van der Waals surface area contributed by atoms with Gasteiger partial charge in [-0.05, 0) is 32.4 Å². The number of thiazole rings is 1. The van der Waals surface area contributed by atoms with Gasteiger partial charge in [-0.3, -0.25) is 4.79 Å². The summed E-state index contributed by atoms with van der Waals surface area (Å²) < 4.78 is 0. The molecule has 0 amide bonds. The average Bonchev–Trinajstić information content (AvgIpc) is 2.84. The van der Waals surface area contributed by atoms with Gasteiger partial charge in [-0.1, -0.05) is 11.3 Å². The number of aromatic amines is 1. The summed E-state index contributed by atoms with van der Waals surface area (Å²) in [6.45, 7) is 2.95. The van der Waals surface area contributed by atoms with Crippen LogP contribution in [0.4, 0.5) is 0 Å². The van der Waals surface area contributed by atoms with Crippen molar-refractivity contribution >= 4 is 11.3 Å². The second-order valence-corrected chi connectivity index (χ2v) is 4.77. The molecule has 4 nitrogen and oxygen atoms in total. The zero-order chi connectivity index (χ0) is 10.5. The number of H-pyrrole nitrogens is 1. The number of aromatic nitrogens is 1. The Morgan fingerprint density at radius 2 is 2.53 bits per heavy atom. The summed E-state index contributed by atoms with van der Waals surface area (Å²) in [7, 11) is 0. The molecule has 0 radical (unpaired) electrons. The third-order valence-electron chi connectivity index (χ3n) is 2.72. The van der Waals surface area contributed by atoms with Crippen LogP contribution in [-0.2, 0) is 6.54 Å². The Morgan fingerprint density at radius 1 is 1.60 bits per heavy atom. The van der Waals surface area contributed by atoms with Crippen LogP contribution >= 0.6 is 11.3 Å². The molecule has 0 saturated carbocycles. The highest BCUT2D eigenvalue weighted by Crippen LogP contribution is 2.07. The maximum Gasteiger partial charge on any atom is 0.304 e. The van der Waals surface area contributed by atoms with Crippen LogP contribution in [0.15, 0.2) is 10.2 Å². The molecule has 2 heterocycles. The molecule has 0 aliphatic carbocycles. The molecule has 1 aliphatic heterocycles. The quantitative estimate of drug-likeness (QED) is 0.648. The molecule has 3 N–H and O–H groups in total. The van der Waals surface area contributed by atoms with Crippen LogP contribution in [0.3, 0.4) is 0 Å². The van der Waals surface area contributed by atoms with E-state index in [1.165, 1.54) is 37.1 Å². The molecule has 0 bridgehead atoms. The molecule has 1 atom stereocenters. The van der Waals surface area contributed by atoms with Crippen LogP contribution in [-0.4, -0.2) is 24.1 Å². The van der Waals surface area contributed by atoms with Gasteiger partial charge in [-0.25, -0.2) is 0 Å². The first-order chi connectivity index (χ1) is 7.34. The lowest BCUT2D eigenvalue weighted by Crippen LogP contribution is -2.27. The summed E-state index contributed by atoms with van der Waals surface area (Å²) in [6, 6.07) is 0.694. The maximum absolute atomic E-state index is 10.9. The van der Waals surface area contributed by atoms with E-state index in [1.54, 1.807) is 0 Å². The first-order valence-corrected chi connectivity index (χ1v) is 6.33. The number of hydrogen-bond donors (Lipinski definition) is 3. The Labute approximate surface area is 93.1 Å². The monoisotopic (exact) mass is 227 g/mol. The minimum Gasteiger partial charge on any atom is -0.315 e. The fourth-order valence-corrected chi connectivity index (χ4v) is 2.48. The summed E-state index contributed by atoms with van der Waals surface area (Å²) >= 11 is 1.22. The second-order valence-electron chi connectivity index (χ2n) is 3.93. The van der Waals surface area contributed by atoms with Crippen molar-refractivity contribution in [3.63, 3.8) is 0 Å². The summed E-state index contributed by atoms with van der Waals surface area (Å²) in [5.41, 5.74) is 0.990. The topological polar surface area (TPSA) is 56.9 Å². The molecule has 84 valence electrons. The minimum absolute atomic E-state index is 0.0317. The summed E-state index contributed by atoms with van der Waals surface area (Å²) in [6.07, 6.45) is 3.79. The smallest absolute Gasteiger partial charge is 0.304 e. The third-order valence-corrected chi connectivity index (χ3v) is 3.44. The summed E-state index contributed by atoms with van der Waals surface area (Å²) in [5, 5.41) is 8.68. The highest BCUT2D eigenvalue weighted by Gasteiger charge is 2.12. The Hall–Kier alpha value is -0.650. The van der Waals surface area contributed by atoms with Crippen LogP contribution in [0.5, 0.6) is 0 Å². The van der Waals surface area contributed by atoms with Gasteiger partial charge in [0, 0.05) is 23.7 Å². The lowest BCUT2D eigenvalue weighted by Gasteiger charge is -2.09. The lowest BCUT2D eigenvalue weighted by atomic mass is 10.1. The van der Waals surface area contributed by atoms with Crippen molar-refractivity contribution < 1.29 is 0 Å². The largest absolute Gasteiger partial charge is 0.315 e. The van der Waals surface area contributed by atoms with Gasteiger partial charge >= 0.3 is 4.87 Å². The van der Waals surface area contributed by atoms with Crippen molar-refractivity contribution in [1.29, 1.82) is 0 Å². The van der Waals surface area contributed by atoms with Crippen molar-refractivity contribution in [2.24, 2.45) is 0 Å². The minimum atomic E-state index is 0.0317. The van der Waals surface area contributed by atoms with Crippen LogP contribution in [0.25, 0.3) is 0 Å². The van der Waals surface area contributed by atoms with Crippen LogP contribution in [0.2, 0.25) is 0 Å².